The first-order valence-corrected chi connectivity index (χ1v) is 8.13. The van der Waals surface area contributed by atoms with Crippen molar-refractivity contribution in [2.45, 2.75) is 46.5 Å². The van der Waals surface area contributed by atoms with Gasteiger partial charge in [-0.15, -0.1) is 0 Å². The molecule has 0 aliphatic rings. The van der Waals surface area contributed by atoms with E-state index in [4.69, 9.17) is 5.73 Å². The van der Waals surface area contributed by atoms with E-state index in [0.717, 1.165) is 28.8 Å². The molecule has 0 atom stereocenters. The summed E-state index contributed by atoms with van der Waals surface area (Å²) in [7, 11) is 1.92. The zero-order valence-corrected chi connectivity index (χ0v) is 14.4. The number of nitrogens with zero attached hydrogens (tertiary/aromatic N) is 2. The summed E-state index contributed by atoms with van der Waals surface area (Å²) in [5, 5.41) is 4.28. The minimum absolute atomic E-state index is 0.623. The highest BCUT2D eigenvalue weighted by molar-refractivity contribution is 5.69. The molecular weight excluding hydrogens is 270 g/mol. The van der Waals surface area contributed by atoms with E-state index in [0.29, 0.717) is 5.82 Å². The predicted octanol–water partition coefficient (Wildman–Crippen LogP) is 5.07. The highest BCUT2D eigenvalue weighted by Gasteiger charge is 2.13. The maximum absolute atomic E-state index is 5.90. The lowest BCUT2D eigenvalue weighted by molar-refractivity contribution is 0.772. The third-order valence-corrected chi connectivity index (χ3v) is 3.66. The Bertz CT molecular complexity index is 577. The molecule has 0 saturated carbocycles. The summed E-state index contributed by atoms with van der Waals surface area (Å²) in [4.78, 5) is 0. The molecule has 0 aliphatic heterocycles. The lowest BCUT2D eigenvalue weighted by atomic mass is 10.0. The highest BCUT2D eigenvalue weighted by atomic mass is 15.3. The summed E-state index contributed by atoms with van der Waals surface area (Å²) in [5.74, 6) is 0.623. The third kappa shape index (κ3) is 4.48. The smallest absolute Gasteiger partial charge is 0.149 e. The molecule has 22 heavy (non-hydrogen) atoms. The number of anilines is 1. The number of nitrogen functional groups attached to an aromatic ring is 1. The molecule has 2 rings (SSSR count). The van der Waals surface area contributed by atoms with E-state index in [1.807, 2.05) is 29.9 Å². The van der Waals surface area contributed by atoms with Crippen molar-refractivity contribution >= 4 is 11.9 Å². The van der Waals surface area contributed by atoms with Crippen LogP contribution >= 0.6 is 0 Å². The largest absolute Gasteiger partial charge is 0.382 e. The SMILES string of the molecule is C=Cc1ccc(-c2c(CC)c(N)nn2C)cc1.CCCCC. The first kappa shape index (κ1) is 18.0. The van der Waals surface area contributed by atoms with E-state index >= 15 is 0 Å². The summed E-state index contributed by atoms with van der Waals surface area (Å²) in [6.45, 7) is 10.3. The molecule has 3 heteroatoms. The van der Waals surface area contributed by atoms with E-state index in [-0.39, 0.29) is 0 Å². The van der Waals surface area contributed by atoms with Crippen LogP contribution in [-0.4, -0.2) is 9.78 Å². The van der Waals surface area contributed by atoms with Gasteiger partial charge < -0.3 is 5.73 Å². The van der Waals surface area contributed by atoms with Crippen LogP contribution in [-0.2, 0) is 13.5 Å². The van der Waals surface area contributed by atoms with Crippen LogP contribution in [0.15, 0.2) is 30.8 Å². The number of hydrogen-bond acceptors (Lipinski definition) is 2. The van der Waals surface area contributed by atoms with Crippen LogP contribution in [0.25, 0.3) is 17.3 Å². The Labute approximate surface area is 134 Å². The van der Waals surface area contributed by atoms with Gasteiger partial charge in [0.1, 0.15) is 5.82 Å². The molecule has 0 bridgehead atoms. The molecule has 0 fully saturated rings. The minimum atomic E-state index is 0.623. The summed E-state index contributed by atoms with van der Waals surface area (Å²) >= 11 is 0. The Morgan fingerprint density at radius 2 is 1.73 bits per heavy atom. The second-order valence-corrected chi connectivity index (χ2v) is 5.37. The molecule has 0 amide bonds. The van der Waals surface area contributed by atoms with Crippen LogP contribution in [0.2, 0.25) is 0 Å². The average molecular weight is 299 g/mol. The maximum atomic E-state index is 5.90. The monoisotopic (exact) mass is 299 g/mol. The molecule has 1 heterocycles. The summed E-state index contributed by atoms with van der Waals surface area (Å²) in [5.41, 5.74) is 10.4. The van der Waals surface area contributed by atoms with Crippen LogP contribution in [0.4, 0.5) is 5.82 Å². The van der Waals surface area contributed by atoms with Crippen molar-refractivity contribution in [1.82, 2.24) is 9.78 Å². The molecule has 0 aliphatic carbocycles. The van der Waals surface area contributed by atoms with E-state index in [9.17, 15) is 0 Å². The molecule has 0 saturated heterocycles. The van der Waals surface area contributed by atoms with Gasteiger partial charge in [0.2, 0.25) is 0 Å². The zero-order valence-electron chi connectivity index (χ0n) is 14.4. The molecule has 1 aromatic heterocycles. The molecule has 2 aromatic rings. The van der Waals surface area contributed by atoms with Gasteiger partial charge in [0.15, 0.2) is 0 Å². The van der Waals surface area contributed by atoms with Gasteiger partial charge in [-0.25, -0.2) is 0 Å². The number of benzene rings is 1. The van der Waals surface area contributed by atoms with Gasteiger partial charge in [-0.2, -0.15) is 5.10 Å². The second-order valence-electron chi connectivity index (χ2n) is 5.37. The standard InChI is InChI=1S/C14H17N3.C5H12/c1-4-10-6-8-11(9-7-10)13-12(5-2)14(15)16-17(13)3;1-3-5-4-2/h4,6-9H,1,5H2,2-3H3,(H2,15,16);3-5H2,1-2H3. The Balaban J connectivity index is 0.000000422. The van der Waals surface area contributed by atoms with Crippen molar-refractivity contribution < 1.29 is 0 Å². The van der Waals surface area contributed by atoms with Crippen LogP contribution in [0.5, 0.6) is 0 Å². The van der Waals surface area contributed by atoms with Crippen molar-refractivity contribution in [3.05, 3.63) is 42.0 Å². The van der Waals surface area contributed by atoms with Gasteiger partial charge in [0, 0.05) is 18.2 Å². The van der Waals surface area contributed by atoms with Gasteiger partial charge in [-0.3, -0.25) is 4.68 Å². The normalized spacial score (nSPS) is 10.0. The Morgan fingerprint density at radius 3 is 2.14 bits per heavy atom. The van der Waals surface area contributed by atoms with Crippen molar-refractivity contribution in [2.75, 3.05) is 5.73 Å². The number of nitrogens with two attached hydrogens (primary N) is 1. The predicted molar refractivity (Wildman–Crippen MR) is 97.7 cm³/mol. The Kier molecular flexibility index (Phi) is 7.44. The average Bonchev–Trinajstić information content (AvgIpc) is 2.82. The molecule has 0 spiro atoms. The number of unbranched alkanes of at least 4 members (excludes halogenated alkanes) is 2. The van der Waals surface area contributed by atoms with Gasteiger partial charge in [-0.1, -0.05) is 77.0 Å². The van der Waals surface area contributed by atoms with Crippen LogP contribution < -0.4 is 5.73 Å². The minimum Gasteiger partial charge on any atom is -0.382 e. The summed E-state index contributed by atoms with van der Waals surface area (Å²) in [6, 6.07) is 8.25. The fourth-order valence-electron chi connectivity index (χ4n) is 2.43. The molecule has 120 valence electrons. The number of hydrogen-bond donors (Lipinski definition) is 1. The summed E-state index contributed by atoms with van der Waals surface area (Å²) < 4.78 is 1.84. The van der Waals surface area contributed by atoms with Crippen LogP contribution in [0.1, 0.15) is 51.2 Å². The van der Waals surface area contributed by atoms with Crippen molar-refractivity contribution in [2.24, 2.45) is 7.05 Å². The topological polar surface area (TPSA) is 43.8 Å². The first-order chi connectivity index (χ1) is 10.6. The van der Waals surface area contributed by atoms with Gasteiger partial charge in [0.25, 0.3) is 0 Å². The fourth-order valence-corrected chi connectivity index (χ4v) is 2.43. The number of rotatable bonds is 5. The summed E-state index contributed by atoms with van der Waals surface area (Å²) in [6.07, 6.45) is 6.80. The van der Waals surface area contributed by atoms with E-state index in [1.165, 1.54) is 19.3 Å². The molecule has 3 nitrogen and oxygen atoms in total. The lowest BCUT2D eigenvalue weighted by Gasteiger charge is -2.05. The van der Waals surface area contributed by atoms with Crippen molar-refractivity contribution in [3.8, 4) is 11.3 Å². The molecular formula is C19H29N3. The van der Waals surface area contributed by atoms with Gasteiger partial charge in [-0.05, 0) is 12.0 Å². The van der Waals surface area contributed by atoms with Crippen LogP contribution in [0, 0.1) is 0 Å². The molecule has 0 radical (unpaired) electrons. The molecule has 0 unspecified atom stereocenters. The number of aryl methyl sites for hydroxylation is 1. The second kappa shape index (κ2) is 9.08. The number of aromatic nitrogens is 2. The maximum Gasteiger partial charge on any atom is 0.149 e. The first-order valence-electron chi connectivity index (χ1n) is 8.13. The van der Waals surface area contributed by atoms with Crippen molar-refractivity contribution in [3.63, 3.8) is 0 Å². The highest BCUT2D eigenvalue weighted by Crippen LogP contribution is 2.27. The fraction of sp³-hybridized carbons (Fsp3) is 0.421. The Morgan fingerprint density at radius 1 is 1.14 bits per heavy atom. The zero-order chi connectivity index (χ0) is 16.5. The third-order valence-electron chi connectivity index (χ3n) is 3.66. The van der Waals surface area contributed by atoms with Crippen LogP contribution in [0.3, 0.4) is 0 Å². The van der Waals surface area contributed by atoms with Gasteiger partial charge in [0.05, 0.1) is 5.69 Å². The molecule has 2 N–H and O–H groups in total. The lowest BCUT2D eigenvalue weighted by Crippen LogP contribution is -1.95. The van der Waals surface area contributed by atoms with Crippen molar-refractivity contribution in [1.29, 1.82) is 0 Å². The Hall–Kier alpha value is -2.03. The van der Waals surface area contributed by atoms with E-state index in [1.54, 1.807) is 0 Å². The van der Waals surface area contributed by atoms with Gasteiger partial charge >= 0.3 is 0 Å². The molecule has 1 aromatic carbocycles. The van der Waals surface area contributed by atoms with E-state index < -0.39 is 0 Å². The quantitative estimate of drug-likeness (QED) is 0.837. The van der Waals surface area contributed by atoms with E-state index in [2.05, 4.69) is 44.6 Å².